The van der Waals surface area contributed by atoms with Gasteiger partial charge in [-0.25, -0.2) is 9.78 Å². The van der Waals surface area contributed by atoms with Gasteiger partial charge in [0, 0.05) is 24.2 Å². The molecule has 10 nitrogen and oxygen atoms in total. The fourth-order valence-corrected chi connectivity index (χ4v) is 5.12. The number of imidazole rings is 1. The summed E-state index contributed by atoms with van der Waals surface area (Å²) in [5.41, 5.74) is 16.6. The molecule has 0 saturated carbocycles. The Bertz CT molecular complexity index is 1590. The van der Waals surface area contributed by atoms with Gasteiger partial charge in [0.15, 0.2) is 5.78 Å². The van der Waals surface area contributed by atoms with Crippen LogP contribution in [0.5, 0.6) is 5.75 Å². The molecule has 0 fully saturated rings. The van der Waals surface area contributed by atoms with Crippen LogP contribution in [0.1, 0.15) is 66.6 Å². The number of ether oxygens (including phenoxy) is 1. The van der Waals surface area contributed by atoms with Crippen molar-refractivity contribution >= 4 is 17.7 Å². The molecule has 0 bridgehead atoms. The number of nitrogens with zero attached hydrogens (tertiary/aromatic N) is 2. The minimum absolute atomic E-state index is 0.0353. The number of aromatic carboxylic acids is 1. The van der Waals surface area contributed by atoms with Gasteiger partial charge in [-0.3, -0.25) is 14.5 Å². The van der Waals surface area contributed by atoms with Crippen LogP contribution in [0.3, 0.4) is 0 Å². The van der Waals surface area contributed by atoms with Crippen LogP contribution in [-0.2, 0) is 6.54 Å². The van der Waals surface area contributed by atoms with E-state index in [1.165, 1.54) is 7.11 Å². The largest absolute Gasteiger partial charge is 0.496 e. The first-order valence-electron chi connectivity index (χ1n) is 13.5. The highest BCUT2D eigenvalue weighted by Gasteiger charge is 2.27. The summed E-state index contributed by atoms with van der Waals surface area (Å²) in [5.74, 6) is -1.04. The van der Waals surface area contributed by atoms with Crippen molar-refractivity contribution in [2.45, 2.75) is 39.4 Å². The van der Waals surface area contributed by atoms with Crippen molar-refractivity contribution in [2.24, 2.45) is 11.5 Å². The first-order valence-corrected chi connectivity index (χ1v) is 13.5. The van der Waals surface area contributed by atoms with Gasteiger partial charge in [0.05, 0.1) is 31.1 Å². The monoisotopic (exact) mass is 569 g/mol. The molecule has 42 heavy (non-hydrogen) atoms. The van der Waals surface area contributed by atoms with Gasteiger partial charge >= 0.3 is 5.97 Å². The molecule has 4 aromatic rings. The molecule has 0 radical (unpaired) electrons. The molecule has 1 aromatic heterocycles. The van der Waals surface area contributed by atoms with E-state index < -0.39 is 17.9 Å². The second-order valence-corrected chi connectivity index (χ2v) is 10.3. The van der Waals surface area contributed by atoms with Crippen LogP contribution in [0.2, 0.25) is 0 Å². The van der Waals surface area contributed by atoms with Gasteiger partial charge in [0.1, 0.15) is 17.1 Å². The average molecular weight is 570 g/mol. The first kappa shape index (κ1) is 30.2. The second kappa shape index (κ2) is 12.8. The minimum atomic E-state index is -1.11. The third-order valence-electron chi connectivity index (χ3n) is 7.34. The van der Waals surface area contributed by atoms with Crippen LogP contribution in [0.25, 0.3) is 11.3 Å². The van der Waals surface area contributed by atoms with Crippen molar-refractivity contribution in [1.29, 1.82) is 0 Å². The van der Waals surface area contributed by atoms with Crippen LogP contribution in [0.15, 0.2) is 66.9 Å². The predicted molar refractivity (Wildman–Crippen MR) is 160 cm³/mol. The number of carbonyl (C=O) groups is 3. The van der Waals surface area contributed by atoms with E-state index >= 15 is 0 Å². The number of nitrogens with two attached hydrogens (primary N) is 2. The maximum atomic E-state index is 13.6. The number of ketones is 1. The summed E-state index contributed by atoms with van der Waals surface area (Å²) in [4.78, 5) is 47.2. The van der Waals surface area contributed by atoms with Crippen LogP contribution in [-0.4, -0.2) is 57.3 Å². The quantitative estimate of drug-likeness (QED) is 0.184. The average Bonchev–Trinajstić information content (AvgIpc) is 3.46. The van der Waals surface area contributed by atoms with Crippen LogP contribution < -0.4 is 16.2 Å². The lowest BCUT2D eigenvalue weighted by Crippen LogP contribution is -2.44. The molecule has 6 N–H and O–H groups in total. The van der Waals surface area contributed by atoms with Crippen LogP contribution >= 0.6 is 0 Å². The van der Waals surface area contributed by atoms with Gasteiger partial charge in [-0.15, -0.1) is 0 Å². The number of benzene rings is 3. The number of H-pyrrole nitrogens is 1. The van der Waals surface area contributed by atoms with Gasteiger partial charge in [0.25, 0.3) is 0 Å². The number of hydrogen-bond donors (Lipinski definition) is 4. The summed E-state index contributed by atoms with van der Waals surface area (Å²) < 4.78 is 5.22. The fraction of sp³-hybridized carbons (Fsp3) is 0.250. The topological polar surface area (TPSA) is 165 Å². The zero-order valence-corrected chi connectivity index (χ0v) is 24.0. The predicted octanol–water partition coefficient (Wildman–Crippen LogP) is 4.27. The number of Topliss-reactive ketones (excluding diaryl/α,β-unsaturated/α-hetero) is 1. The number of hydrogen-bond acceptors (Lipinski definition) is 7. The Morgan fingerprint density at radius 2 is 1.71 bits per heavy atom. The molecule has 3 aromatic carbocycles. The highest BCUT2D eigenvalue weighted by Crippen LogP contribution is 2.27. The Morgan fingerprint density at radius 3 is 2.31 bits per heavy atom. The normalized spacial score (nSPS) is 12.6. The molecule has 0 aliphatic rings. The molecule has 2 atom stereocenters. The Kier molecular flexibility index (Phi) is 9.19. The van der Waals surface area contributed by atoms with Crippen molar-refractivity contribution in [3.05, 3.63) is 106 Å². The Morgan fingerprint density at radius 1 is 1.05 bits per heavy atom. The van der Waals surface area contributed by atoms with Crippen LogP contribution in [0.4, 0.5) is 0 Å². The lowest BCUT2D eigenvalue weighted by atomic mass is 9.92. The van der Waals surface area contributed by atoms with E-state index in [9.17, 15) is 19.5 Å². The van der Waals surface area contributed by atoms with E-state index in [2.05, 4.69) is 9.97 Å². The SMILES string of the molecule is COc1ccc(CN(C[C@H](N)C(=O)c2c(C)cc(C(N)=O)cc2C)[C@@H](C)c2ncc(-c3ccccc3)[nH]2)cc1C(=O)O. The smallest absolute Gasteiger partial charge is 0.339 e. The number of carboxylic acids is 1. The first-order chi connectivity index (χ1) is 20.0. The molecule has 1 amide bonds. The van der Waals surface area contributed by atoms with E-state index in [0.29, 0.717) is 33.6 Å². The molecule has 0 aliphatic heterocycles. The van der Waals surface area contributed by atoms with Crippen molar-refractivity contribution in [1.82, 2.24) is 14.9 Å². The zero-order valence-electron chi connectivity index (χ0n) is 24.0. The molecule has 0 saturated heterocycles. The number of amides is 1. The highest BCUT2D eigenvalue weighted by atomic mass is 16.5. The van der Waals surface area contributed by atoms with Gasteiger partial charge in [-0.1, -0.05) is 36.4 Å². The summed E-state index contributed by atoms with van der Waals surface area (Å²) in [6, 6.07) is 16.7. The number of carboxylic acid groups (broad SMARTS) is 1. The summed E-state index contributed by atoms with van der Waals surface area (Å²) in [7, 11) is 1.42. The number of aromatic nitrogens is 2. The molecule has 4 rings (SSSR count). The van der Waals surface area contributed by atoms with Gasteiger partial charge in [-0.2, -0.15) is 0 Å². The third-order valence-corrected chi connectivity index (χ3v) is 7.34. The Labute approximate surface area is 244 Å². The van der Waals surface area contributed by atoms with Crippen molar-refractivity contribution in [3.8, 4) is 17.0 Å². The number of aryl methyl sites for hydroxylation is 2. The van der Waals surface area contributed by atoms with E-state index in [0.717, 1.165) is 11.3 Å². The molecule has 0 unspecified atom stereocenters. The number of methoxy groups -OCH3 is 1. The van der Waals surface area contributed by atoms with Gasteiger partial charge in [0.2, 0.25) is 5.91 Å². The summed E-state index contributed by atoms with van der Waals surface area (Å²) in [6.07, 6.45) is 1.76. The van der Waals surface area contributed by atoms with E-state index in [1.54, 1.807) is 50.4 Å². The Balaban J connectivity index is 1.67. The standard InChI is InChI=1S/C32H35N5O5/c1-18-12-23(30(34)39)13-19(2)28(18)29(38)25(33)17-37(16-21-10-11-27(42-4)24(14-21)32(40)41)20(3)31-35-15-26(36-31)22-8-6-5-7-9-22/h5-15,20,25H,16-17,33H2,1-4H3,(H2,34,39)(H,35,36)(H,40,41)/t20-,25-/m0/s1. The maximum Gasteiger partial charge on any atom is 0.339 e. The van der Waals surface area contributed by atoms with E-state index in [1.807, 2.05) is 42.2 Å². The number of carbonyl (C=O) groups excluding carboxylic acids is 2. The number of rotatable bonds is 12. The van der Waals surface area contributed by atoms with Crippen molar-refractivity contribution in [2.75, 3.05) is 13.7 Å². The molecule has 0 aliphatic carbocycles. The van der Waals surface area contributed by atoms with E-state index in [-0.39, 0.29) is 36.2 Å². The number of aromatic amines is 1. The number of nitrogens with one attached hydrogen (secondary N) is 1. The highest BCUT2D eigenvalue weighted by molar-refractivity contribution is 6.04. The summed E-state index contributed by atoms with van der Waals surface area (Å²) >= 11 is 0. The summed E-state index contributed by atoms with van der Waals surface area (Å²) in [6.45, 7) is 5.88. The number of primary amides is 1. The fourth-order valence-electron chi connectivity index (χ4n) is 5.12. The van der Waals surface area contributed by atoms with Crippen molar-refractivity contribution in [3.63, 3.8) is 0 Å². The van der Waals surface area contributed by atoms with Gasteiger partial charge < -0.3 is 26.3 Å². The van der Waals surface area contributed by atoms with E-state index in [4.69, 9.17) is 16.2 Å². The summed E-state index contributed by atoms with van der Waals surface area (Å²) in [5, 5.41) is 9.70. The van der Waals surface area contributed by atoms with Gasteiger partial charge in [-0.05, 0) is 67.3 Å². The second-order valence-electron chi connectivity index (χ2n) is 10.3. The zero-order chi connectivity index (χ0) is 30.6. The molecular weight excluding hydrogens is 534 g/mol. The van der Waals surface area contributed by atoms with Crippen LogP contribution in [0, 0.1) is 13.8 Å². The molecular formula is C32H35N5O5. The Hall–Kier alpha value is -4.80. The maximum absolute atomic E-state index is 13.6. The third kappa shape index (κ3) is 6.56. The molecule has 218 valence electrons. The lowest BCUT2D eigenvalue weighted by molar-refractivity contribution is 0.0692. The van der Waals surface area contributed by atoms with Crippen molar-refractivity contribution < 1.29 is 24.2 Å². The molecule has 0 spiro atoms. The lowest BCUT2D eigenvalue weighted by Gasteiger charge is -2.30. The molecule has 1 heterocycles. The molecule has 10 heteroatoms. The minimum Gasteiger partial charge on any atom is -0.496 e.